The van der Waals surface area contributed by atoms with Gasteiger partial charge < -0.3 is 14.2 Å². The lowest BCUT2D eigenvalue weighted by Crippen LogP contribution is -2.44. The van der Waals surface area contributed by atoms with E-state index in [1.165, 1.54) is 50.3 Å². The van der Waals surface area contributed by atoms with Crippen molar-refractivity contribution in [3.05, 3.63) is 48.2 Å². The maximum atomic E-state index is 5.55. The van der Waals surface area contributed by atoms with Crippen LogP contribution in [0.5, 0.6) is 0 Å². The monoisotopic (exact) mass is 284 g/mol. The molecular formula is C18H24N2O. The third-order valence-electron chi connectivity index (χ3n) is 4.32. The first-order valence-corrected chi connectivity index (χ1v) is 7.85. The summed E-state index contributed by atoms with van der Waals surface area (Å²) in [5.74, 6) is 0.977. The van der Waals surface area contributed by atoms with Gasteiger partial charge in [-0.3, -0.25) is 0 Å². The van der Waals surface area contributed by atoms with E-state index in [4.69, 9.17) is 4.42 Å². The normalized spacial score (nSPS) is 17.2. The fraction of sp³-hybridized carbons (Fsp3) is 0.444. The van der Waals surface area contributed by atoms with E-state index in [-0.39, 0.29) is 0 Å². The highest BCUT2D eigenvalue weighted by molar-refractivity contribution is 5.61. The number of rotatable bonds is 5. The Hall–Kier alpha value is -1.58. The molecule has 0 bridgehead atoms. The molecule has 0 saturated carbocycles. The summed E-state index contributed by atoms with van der Waals surface area (Å²) in [6.07, 6.45) is 4.07. The average Bonchev–Trinajstić information content (AvgIpc) is 3.04. The number of piperazine rings is 1. The number of aryl methyl sites for hydroxylation is 1. The summed E-state index contributed by atoms with van der Waals surface area (Å²) in [5, 5.41) is 0. The van der Waals surface area contributed by atoms with Crippen LogP contribution in [0.25, 0.3) is 11.3 Å². The molecule has 1 aromatic carbocycles. The lowest BCUT2D eigenvalue weighted by Gasteiger charge is -2.32. The second kappa shape index (κ2) is 6.92. The van der Waals surface area contributed by atoms with Crippen molar-refractivity contribution < 1.29 is 4.42 Å². The molecule has 1 fully saturated rings. The number of likely N-dealkylation sites (N-methyl/N-ethyl adjacent to an activating group) is 1. The highest BCUT2D eigenvalue weighted by Gasteiger charge is 2.13. The third kappa shape index (κ3) is 3.74. The van der Waals surface area contributed by atoms with Crippen LogP contribution in [0.4, 0.5) is 0 Å². The number of nitrogens with zero attached hydrogens (tertiary/aromatic N) is 2. The Bertz CT molecular complexity index is 542. The van der Waals surface area contributed by atoms with Crippen LogP contribution in [0.15, 0.2) is 47.1 Å². The minimum atomic E-state index is 0.977. The van der Waals surface area contributed by atoms with E-state index < -0.39 is 0 Å². The van der Waals surface area contributed by atoms with Crippen LogP contribution in [-0.2, 0) is 6.42 Å². The third-order valence-corrected chi connectivity index (χ3v) is 4.32. The van der Waals surface area contributed by atoms with Gasteiger partial charge in [0.1, 0.15) is 5.76 Å². The van der Waals surface area contributed by atoms with E-state index in [0.717, 1.165) is 12.2 Å². The first kappa shape index (κ1) is 14.4. The number of hydrogen-bond donors (Lipinski definition) is 0. The summed E-state index contributed by atoms with van der Waals surface area (Å²) in [6.45, 7) is 6.00. The molecule has 2 aromatic rings. The summed E-state index contributed by atoms with van der Waals surface area (Å²) in [5.41, 5.74) is 2.63. The van der Waals surface area contributed by atoms with Gasteiger partial charge in [-0.25, -0.2) is 0 Å². The molecule has 0 radical (unpaired) electrons. The molecule has 2 heterocycles. The Morgan fingerprint density at radius 2 is 1.81 bits per heavy atom. The van der Waals surface area contributed by atoms with E-state index >= 15 is 0 Å². The predicted octanol–water partition coefficient (Wildman–Crippen LogP) is 3.13. The molecule has 3 rings (SSSR count). The predicted molar refractivity (Wildman–Crippen MR) is 86.4 cm³/mol. The van der Waals surface area contributed by atoms with Crippen LogP contribution in [0.1, 0.15) is 12.0 Å². The standard InChI is InChI=1S/C18H24N2O/c1-19-11-13-20(14-12-19)10-4-7-16-6-2-3-8-17(16)18-9-5-15-21-18/h2-3,5-6,8-9,15H,4,7,10-14H2,1H3. The van der Waals surface area contributed by atoms with Gasteiger partial charge in [0.15, 0.2) is 0 Å². The maximum Gasteiger partial charge on any atom is 0.134 e. The van der Waals surface area contributed by atoms with Gasteiger partial charge in [-0.1, -0.05) is 24.3 Å². The van der Waals surface area contributed by atoms with E-state index in [2.05, 4.69) is 41.1 Å². The molecule has 1 saturated heterocycles. The van der Waals surface area contributed by atoms with Crippen LogP contribution in [-0.4, -0.2) is 49.6 Å². The molecule has 3 nitrogen and oxygen atoms in total. The molecule has 1 aliphatic heterocycles. The quantitative estimate of drug-likeness (QED) is 0.841. The first-order chi connectivity index (χ1) is 10.3. The number of benzene rings is 1. The minimum Gasteiger partial charge on any atom is -0.464 e. The van der Waals surface area contributed by atoms with Gasteiger partial charge in [0, 0.05) is 31.7 Å². The average molecular weight is 284 g/mol. The van der Waals surface area contributed by atoms with Crippen LogP contribution >= 0.6 is 0 Å². The van der Waals surface area contributed by atoms with E-state index in [1.807, 2.05) is 12.1 Å². The Kier molecular flexibility index (Phi) is 4.73. The Morgan fingerprint density at radius 1 is 1.00 bits per heavy atom. The second-order valence-corrected chi connectivity index (χ2v) is 5.88. The van der Waals surface area contributed by atoms with Crippen LogP contribution in [0.3, 0.4) is 0 Å². The molecule has 21 heavy (non-hydrogen) atoms. The first-order valence-electron chi connectivity index (χ1n) is 7.85. The van der Waals surface area contributed by atoms with Crippen molar-refractivity contribution in [1.82, 2.24) is 9.80 Å². The molecule has 0 unspecified atom stereocenters. The zero-order valence-corrected chi connectivity index (χ0v) is 12.8. The summed E-state index contributed by atoms with van der Waals surface area (Å²) in [4.78, 5) is 4.98. The fourth-order valence-corrected chi connectivity index (χ4v) is 2.98. The molecule has 1 aliphatic rings. The molecule has 0 spiro atoms. The molecule has 0 N–H and O–H groups in total. The van der Waals surface area contributed by atoms with E-state index in [1.54, 1.807) is 6.26 Å². The van der Waals surface area contributed by atoms with Gasteiger partial charge in [-0.15, -0.1) is 0 Å². The van der Waals surface area contributed by atoms with Gasteiger partial charge in [0.25, 0.3) is 0 Å². The zero-order chi connectivity index (χ0) is 14.5. The highest BCUT2D eigenvalue weighted by atomic mass is 16.3. The highest BCUT2D eigenvalue weighted by Crippen LogP contribution is 2.25. The fourth-order valence-electron chi connectivity index (χ4n) is 2.98. The smallest absolute Gasteiger partial charge is 0.134 e. The molecular weight excluding hydrogens is 260 g/mol. The number of hydrogen-bond acceptors (Lipinski definition) is 3. The molecule has 3 heteroatoms. The van der Waals surface area contributed by atoms with Crippen molar-refractivity contribution in [3.63, 3.8) is 0 Å². The van der Waals surface area contributed by atoms with Gasteiger partial charge in [-0.05, 0) is 44.1 Å². The van der Waals surface area contributed by atoms with Crippen LogP contribution < -0.4 is 0 Å². The van der Waals surface area contributed by atoms with Crippen molar-refractivity contribution in [3.8, 4) is 11.3 Å². The van der Waals surface area contributed by atoms with Crippen molar-refractivity contribution in [1.29, 1.82) is 0 Å². The lowest BCUT2D eigenvalue weighted by molar-refractivity contribution is 0.153. The van der Waals surface area contributed by atoms with Crippen molar-refractivity contribution in [2.75, 3.05) is 39.8 Å². The second-order valence-electron chi connectivity index (χ2n) is 5.88. The SMILES string of the molecule is CN1CCN(CCCc2ccccc2-c2ccco2)CC1. The van der Waals surface area contributed by atoms with Crippen molar-refractivity contribution >= 4 is 0 Å². The van der Waals surface area contributed by atoms with Crippen molar-refractivity contribution in [2.45, 2.75) is 12.8 Å². The maximum absolute atomic E-state index is 5.55. The largest absolute Gasteiger partial charge is 0.464 e. The summed E-state index contributed by atoms with van der Waals surface area (Å²) in [7, 11) is 2.21. The molecule has 0 amide bonds. The van der Waals surface area contributed by atoms with E-state index in [9.17, 15) is 0 Å². The lowest BCUT2D eigenvalue weighted by atomic mass is 10.0. The van der Waals surface area contributed by atoms with Gasteiger partial charge in [0.05, 0.1) is 6.26 Å². The van der Waals surface area contributed by atoms with Crippen molar-refractivity contribution in [2.24, 2.45) is 0 Å². The minimum absolute atomic E-state index is 0.977. The van der Waals surface area contributed by atoms with Gasteiger partial charge in [-0.2, -0.15) is 0 Å². The summed E-state index contributed by atoms with van der Waals surface area (Å²) < 4.78 is 5.55. The molecule has 112 valence electrons. The topological polar surface area (TPSA) is 19.6 Å². The Balaban J connectivity index is 1.56. The Labute approximate surface area is 127 Å². The Morgan fingerprint density at radius 3 is 2.57 bits per heavy atom. The zero-order valence-electron chi connectivity index (χ0n) is 12.8. The summed E-state index contributed by atoms with van der Waals surface area (Å²) >= 11 is 0. The van der Waals surface area contributed by atoms with E-state index in [0.29, 0.717) is 0 Å². The van der Waals surface area contributed by atoms with Gasteiger partial charge in [0.2, 0.25) is 0 Å². The molecule has 1 aromatic heterocycles. The van der Waals surface area contributed by atoms with Crippen LogP contribution in [0.2, 0.25) is 0 Å². The van der Waals surface area contributed by atoms with Gasteiger partial charge >= 0.3 is 0 Å². The van der Waals surface area contributed by atoms with Crippen LogP contribution in [0, 0.1) is 0 Å². The summed E-state index contributed by atoms with van der Waals surface area (Å²) in [6, 6.07) is 12.6. The number of furan rings is 1. The molecule has 0 aliphatic carbocycles. The molecule has 0 atom stereocenters.